The number of anilines is 1. The number of para-hydroxylation sites is 2. The number of ether oxygens (including phenoxy) is 1. The smallest absolute Gasteiger partial charge is 0.266 e. The van der Waals surface area contributed by atoms with Crippen LogP contribution in [0.25, 0.3) is 17.2 Å². The molecule has 0 bridgehead atoms. The first-order chi connectivity index (χ1) is 11.7. The molecule has 5 heteroatoms. The average molecular weight is 322 g/mol. The maximum atomic E-state index is 12.3. The minimum atomic E-state index is -0.0869. The molecule has 0 radical (unpaired) electrons. The van der Waals surface area contributed by atoms with Gasteiger partial charge in [-0.15, -0.1) is 0 Å². The third-order valence-electron chi connectivity index (χ3n) is 3.69. The van der Waals surface area contributed by atoms with E-state index in [-0.39, 0.29) is 12.5 Å². The molecule has 1 heterocycles. The van der Waals surface area contributed by atoms with Gasteiger partial charge in [-0.2, -0.15) is 0 Å². The predicted octanol–water partition coefficient (Wildman–Crippen LogP) is 3.07. The summed E-state index contributed by atoms with van der Waals surface area (Å²) < 4.78 is 9.20. The van der Waals surface area contributed by atoms with Crippen molar-refractivity contribution in [3.8, 4) is 5.75 Å². The number of imidazole rings is 1. The lowest BCUT2D eigenvalue weighted by atomic mass is 10.3. The number of hydrogen-bond donors (Lipinski definition) is 1. The van der Waals surface area contributed by atoms with Gasteiger partial charge in [-0.3, -0.25) is 4.79 Å². The molecule has 0 aliphatic carbocycles. The van der Waals surface area contributed by atoms with Crippen LogP contribution in [0.1, 0.15) is 6.92 Å². The van der Waals surface area contributed by atoms with Crippen molar-refractivity contribution >= 4 is 28.8 Å². The molecule has 0 fully saturated rings. The summed E-state index contributed by atoms with van der Waals surface area (Å²) in [5.74, 6) is 0.704. The SMILES string of the molecule is C=Cn1c[n+](CC(=O)Nc2ccc(OCC)cc2)c2ccccc21. The first-order valence-electron chi connectivity index (χ1n) is 7.85. The van der Waals surface area contributed by atoms with Gasteiger partial charge in [0.15, 0.2) is 17.6 Å². The Balaban J connectivity index is 1.74. The first-order valence-corrected chi connectivity index (χ1v) is 7.85. The van der Waals surface area contributed by atoms with Crippen molar-refractivity contribution in [3.05, 3.63) is 61.4 Å². The number of hydrogen-bond acceptors (Lipinski definition) is 2. The van der Waals surface area contributed by atoms with Crippen molar-refractivity contribution in [1.29, 1.82) is 0 Å². The quantitative estimate of drug-likeness (QED) is 0.709. The van der Waals surface area contributed by atoms with Crippen LogP contribution < -0.4 is 14.6 Å². The van der Waals surface area contributed by atoms with Crippen molar-refractivity contribution in [2.75, 3.05) is 11.9 Å². The van der Waals surface area contributed by atoms with Crippen LogP contribution in [0.5, 0.6) is 5.75 Å². The lowest BCUT2D eigenvalue weighted by Gasteiger charge is -2.06. The van der Waals surface area contributed by atoms with Gasteiger partial charge < -0.3 is 10.1 Å². The van der Waals surface area contributed by atoms with E-state index in [9.17, 15) is 4.79 Å². The molecule has 24 heavy (non-hydrogen) atoms. The number of carbonyl (C=O) groups is 1. The van der Waals surface area contributed by atoms with E-state index < -0.39 is 0 Å². The summed E-state index contributed by atoms with van der Waals surface area (Å²) in [4.78, 5) is 12.3. The Kier molecular flexibility index (Phi) is 4.61. The maximum Gasteiger partial charge on any atom is 0.266 e. The predicted molar refractivity (Wildman–Crippen MR) is 94.8 cm³/mol. The third-order valence-corrected chi connectivity index (χ3v) is 3.69. The zero-order valence-corrected chi connectivity index (χ0v) is 13.6. The Hall–Kier alpha value is -3.08. The summed E-state index contributed by atoms with van der Waals surface area (Å²) in [5, 5.41) is 2.90. The van der Waals surface area contributed by atoms with Crippen LogP contribution in [0.4, 0.5) is 5.69 Å². The lowest BCUT2D eigenvalue weighted by molar-refractivity contribution is -0.658. The number of amides is 1. The van der Waals surface area contributed by atoms with Crippen LogP contribution >= 0.6 is 0 Å². The molecular weight excluding hydrogens is 302 g/mol. The van der Waals surface area contributed by atoms with Crippen LogP contribution in [0.3, 0.4) is 0 Å². The summed E-state index contributed by atoms with van der Waals surface area (Å²) in [6, 6.07) is 15.3. The van der Waals surface area contributed by atoms with Gasteiger partial charge in [-0.1, -0.05) is 18.7 Å². The highest BCUT2D eigenvalue weighted by molar-refractivity contribution is 5.90. The molecule has 0 aliphatic heterocycles. The number of nitrogens with zero attached hydrogens (tertiary/aromatic N) is 2. The Bertz CT molecular complexity index is 866. The van der Waals surface area contributed by atoms with Crippen molar-refractivity contribution in [1.82, 2.24) is 4.57 Å². The molecule has 3 aromatic rings. The van der Waals surface area contributed by atoms with Gasteiger partial charge in [0, 0.05) is 5.69 Å². The zero-order chi connectivity index (χ0) is 16.9. The van der Waals surface area contributed by atoms with Crippen LogP contribution in [0, 0.1) is 0 Å². The Labute approximate surface area is 140 Å². The zero-order valence-electron chi connectivity index (χ0n) is 13.6. The van der Waals surface area contributed by atoms with Crippen molar-refractivity contribution < 1.29 is 14.1 Å². The molecule has 0 spiro atoms. The largest absolute Gasteiger partial charge is 0.494 e. The molecule has 1 N–H and O–H groups in total. The Morgan fingerprint density at radius 3 is 2.71 bits per heavy atom. The molecule has 0 saturated heterocycles. The van der Waals surface area contributed by atoms with Gasteiger partial charge >= 0.3 is 0 Å². The fraction of sp³-hybridized carbons (Fsp3) is 0.158. The van der Waals surface area contributed by atoms with Gasteiger partial charge in [0.1, 0.15) is 5.75 Å². The second-order valence-corrected chi connectivity index (χ2v) is 5.33. The highest BCUT2D eigenvalue weighted by atomic mass is 16.5. The average Bonchev–Trinajstić information content (AvgIpc) is 2.95. The normalized spacial score (nSPS) is 10.5. The number of nitrogens with one attached hydrogen (secondary N) is 1. The maximum absolute atomic E-state index is 12.3. The molecule has 1 aromatic heterocycles. The topological polar surface area (TPSA) is 47.1 Å². The van der Waals surface area contributed by atoms with Gasteiger partial charge in [0.25, 0.3) is 5.91 Å². The molecule has 5 nitrogen and oxygen atoms in total. The van der Waals surface area contributed by atoms with E-state index in [0.717, 1.165) is 22.5 Å². The first kappa shape index (κ1) is 15.8. The van der Waals surface area contributed by atoms with E-state index in [1.807, 2.05) is 70.9 Å². The van der Waals surface area contributed by atoms with Crippen LogP contribution in [-0.4, -0.2) is 17.1 Å². The van der Waals surface area contributed by atoms with Crippen molar-refractivity contribution in [2.45, 2.75) is 13.5 Å². The molecule has 122 valence electrons. The van der Waals surface area contributed by atoms with Gasteiger partial charge in [-0.25, -0.2) is 9.13 Å². The summed E-state index contributed by atoms with van der Waals surface area (Å²) >= 11 is 0. The molecule has 1 amide bonds. The highest BCUT2D eigenvalue weighted by Crippen LogP contribution is 2.15. The minimum absolute atomic E-state index is 0.0869. The molecule has 3 rings (SSSR count). The van der Waals surface area contributed by atoms with Gasteiger partial charge in [0.05, 0.1) is 12.8 Å². The van der Waals surface area contributed by atoms with E-state index in [0.29, 0.717) is 6.61 Å². The van der Waals surface area contributed by atoms with Crippen LogP contribution in [0.2, 0.25) is 0 Å². The second-order valence-electron chi connectivity index (χ2n) is 5.33. The summed E-state index contributed by atoms with van der Waals surface area (Å²) in [5.41, 5.74) is 2.75. The fourth-order valence-corrected chi connectivity index (χ4v) is 2.63. The number of fused-ring (bicyclic) bond motifs is 1. The lowest BCUT2D eigenvalue weighted by Crippen LogP contribution is -2.39. The number of aromatic nitrogens is 2. The molecule has 0 unspecified atom stereocenters. The van der Waals surface area contributed by atoms with Crippen molar-refractivity contribution in [2.24, 2.45) is 0 Å². The standard InChI is InChI=1S/C19H19N3O2/c1-3-21-14-22(18-8-6-5-7-17(18)21)13-19(23)20-15-9-11-16(12-10-15)24-4-2/h3,5-12,14H,1,4,13H2,2H3/p+1. The molecule has 0 saturated carbocycles. The third kappa shape index (κ3) is 3.30. The van der Waals surface area contributed by atoms with E-state index in [2.05, 4.69) is 11.9 Å². The number of benzene rings is 2. The van der Waals surface area contributed by atoms with E-state index >= 15 is 0 Å². The minimum Gasteiger partial charge on any atom is -0.494 e. The Morgan fingerprint density at radius 1 is 1.25 bits per heavy atom. The Morgan fingerprint density at radius 2 is 2.00 bits per heavy atom. The van der Waals surface area contributed by atoms with Gasteiger partial charge in [0.2, 0.25) is 6.33 Å². The number of carbonyl (C=O) groups excluding carboxylic acids is 1. The highest BCUT2D eigenvalue weighted by Gasteiger charge is 2.16. The molecule has 0 atom stereocenters. The molecule has 0 aliphatic rings. The number of rotatable bonds is 6. The van der Waals surface area contributed by atoms with Crippen LogP contribution in [0.15, 0.2) is 61.4 Å². The molecular formula is C19H20N3O2+. The summed E-state index contributed by atoms with van der Waals surface area (Å²) in [6.07, 6.45) is 3.60. The van der Waals surface area contributed by atoms with Crippen LogP contribution in [-0.2, 0) is 11.3 Å². The van der Waals surface area contributed by atoms with E-state index in [4.69, 9.17) is 4.74 Å². The van der Waals surface area contributed by atoms with Crippen molar-refractivity contribution in [3.63, 3.8) is 0 Å². The van der Waals surface area contributed by atoms with Gasteiger partial charge in [-0.05, 0) is 43.3 Å². The van der Waals surface area contributed by atoms with E-state index in [1.165, 1.54) is 0 Å². The molecule has 2 aromatic carbocycles. The van der Waals surface area contributed by atoms with E-state index in [1.54, 1.807) is 6.20 Å². The summed E-state index contributed by atoms with van der Waals surface area (Å²) in [6.45, 7) is 6.59. The monoisotopic (exact) mass is 322 g/mol. The fourth-order valence-electron chi connectivity index (χ4n) is 2.63. The summed E-state index contributed by atoms with van der Waals surface area (Å²) in [7, 11) is 0. The second kappa shape index (κ2) is 7.00.